The molecule has 0 radical (unpaired) electrons. The van der Waals surface area contributed by atoms with Crippen molar-refractivity contribution in [3.8, 4) is 0 Å². The maximum atomic E-state index is 13.4. The molecule has 1 aromatic heterocycles. The minimum atomic E-state index is -3.76. The molecule has 1 N–H and O–H groups in total. The summed E-state index contributed by atoms with van der Waals surface area (Å²) in [6.07, 6.45) is 2.60. The number of sulfonamides is 1. The van der Waals surface area contributed by atoms with E-state index in [4.69, 9.17) is 0 Å². The van der Waals surface area contributed by atoms with Crippen LogP contribution in [0.3, 0.4) is 0 Å². The third kappa shape index (κ3) is 2.95. The highest BCUT2D eigenvalue weighted by Gasteiger charge is 2.18. The summed E-state index contributed by atoms with van der Waals surface area (Å²) in [6.45, 7) is 1.69. The van der Waals surface area contributed by atoms with E-state index < -0.39 is 15.8 Å². The van der Waals surface area contributed by atoms with Gasteiger partial charge in [-0.05, 0) is 40.5 Å². The summed E-state index contributed by atoms with van der Waals surface area (Å²) >= 11 is 3.04. The Kier molecular flexibility index (Phi) is 3.64. The molecule has 1 heterocycles. The lowest BCUT2D eigenvalue weighted by Gasteiger charge is -2.10. The fourth-order valence-corrected chi connectivity index (χ4v) is 3.06. The lowest BCUT2D eigenvalue weighted by atomic mass is 10.2. The van der Waals surface area contributed by atoms with Crippen molar-refractivity contribution in [1.29, 1.82) is 0 Å². The monoisotopic (exact) mass is 347 g/mol. The van der Waals surface area contributed by atoms with E-state index in [1.165, 1.54) is 23.1 Å². The van der Waals surface area contributed by atoms with E-state index in [-0.39, 0.29) is 15.1 Å². The Bertz CT molecular complexity index is 728. The largest absolute Gasteiger partial charge is 0.279 e. The molecule has 2 rings (SSSR count). The van der Waals surface area contributed by atoms with Crippen LogP contribution in [0.1, 0.15) is 5.56 Å². The highest BCUT2D eigenvalue weighted by molar-refractivity contribution is 9.10. The topological polar surface area (TPSA) is 64.0 Å². The van der Waals surface area contributed by atoms with Crippen molar-refractivity contribution in [2.24, 2.45) is 7.05 Å². The van der Waals surface area contributed by atoms with E-state index in [1.54, 1.807) is 14.0 Å². The van der Waals surface area contributed by atoms with Crippen molar-refractivity contribution in [2.75, 3.05) is 4.72 Å². The molecule has 0 saturated carbocycles. The first-order valence-corrected chi connectivity index (χ1v) is 7.54. The van der Waals surface area contributed by atoms with Gasteiger partial charge in [0.05, 0.1) is 16.4 Å². The second-order valence-corrected chi connectivity index (χ2v) is 6.57. The van der Waals surface area contributed by atoms with Crippen molar-refractivity contribution in [3.63, 3.8) is 0 Å². The summed E-state index contributed by atoms with van der Waals surface area (Å²) < 4.78 is 41.6. The second-order valence-electron chi connectivity index (χ2n) is 4.04. The maximum Gasteiger partial charge on any atom is 0.265 e. The molecule has 0 saturated heterocycles. The van der Waals surface area contributed by atoms with Gasteiger partial charge in [0.25, 0.3) is 10.0 Å². The molecule has 0 spiro atoms. The van der Waals surface area contributed by atoms with Gasteiger partial charge in [0.15, 0.2) is 0 Å². The molecule has 2 aromatic rings. The SMILES string of the molecule is Cc1cc(Br)c(F)cc1NS(=O)(=O)c1cnn(C)c1. The Balaban J connectivity index is 2.38. The number of anilines is 1. The zero-order chi connectivity index (χ0) is 14.2. The fraction of sp³-hybridized carbons (Fsp3) is 0.182. The lowest BCUT2D eigenvalue weighted by molar-refractivity contribution is 0.600. The Morgan fingerprint density at radius 2 is 2.11 bits per heavy atom. The molecule has 1 aromatic carbocycles. The molecule has 102 valence electrons. The summed E-state index contributed by atoms with van der Waals surface area (Å²) in [4.78, 5) is 0.0257. The van der Waals surface area contributed by atoms with Gasteiger partial charge in [0, 0.05) is 13.2 Å². The molecule has 0 amide bonds. The molecule has 8 heteroatoms. The van der Waals surface area contributed by atoms with Gasteiger partial charge in [-0.3, -0.25) is 9.40 Å². The Morgan fingerprint density at radius 1 is 1.42 bits per heavy atom. The summed E-state index contributed by atoms with van der Waals surface area (Å²) in [5.41, 5.74) is 0.810. The van der Waals surface area contributed by atoms with Crippen LogP contribution in [0.4, 0.5) is 10.1 Å². The van der Waals surface area contributed by atoms with Gasteiger partial charge in [-0.2, -0.15) is 5.10 Å². The Morgan fingerprint density at radius 3 is 2.68 bits per heavy atom. The van der Waals surface area contributed by atoms with Crippen LogP contribution in [0, 0.1) is 12.7 Å². The standard InChI is InChI=1S/C11H11BrFN3O2S/c1-7-3-9(12)10(13)4-11(7)15-19(17,18)8-5-14-16(2)6-8/h3-6,15H,1-2H3. The quantitative estimate of drug-likeness (QED) is 0.927. The van der Waals surface area contributed by atoms with E-state index in [2.05, 4.69) is 25.8 Å². The van der Waals surface area contributed by atoms with Gasteiger partial charge in [-0.1, -0.05) is 0 Å². The van der Waals surface area contributed by atoms with E-state index >= 15 is 0 Å². The molecule has 0 bridgehead atoms. The summed E-state index contributed by atoms with van der Waals surface area (Å²) in [5.74, 6) is -0.533. The molecule has 0 atom stereocenters. The molecular formula is C11H11BrFN3O2S. The average molecular weight is 348 g/mol. The van der Waals surface area contributed by atoms with Gasteiger partial charge in [0.1, 0.15) is 10.7 Å². The zero-order valence-corrected chi connectivity index (χ0v) is 12.6. The minimum Gasteiger partial charge on any atom is -0.279 e. The summed E-state index contributed by atoms with van der Waals surface area (Å²) in [5, 5.41) is 3.79. The number of aryl methyl sites for hydroxylation is 2. The highest BCUT2D eigenvalue weighted by atomic mass is 79.9. The van der Waals surface area contributed by atoms with Crippen LogP contribution >= 0.6 is 15.9 Å². The first-order chi connectivity index (χ1) is 8.79. The first-order valence-electron chi connectivity index (χ1n) is 5.27. The van der Waals surface area contributed by atoms with Crippen LogP contribution in [0.2, 0.25) is 0 Å². The minimum absolute atomic E-state index is 0.0257. The van der Waals surface area contributed by atoms with Gasteiger partial charge >= 0.3 is 0 Å². The van der Waals surface area contributed by atoms with Crippen molar-refractivity contribution in [2.45, 2.75) is 11.8 Å². The highest BCUT2D eigenvalue weighted by Crippen LogP contribution is 2.25. The third-order valence-corrected chi connectivity index (χ3v) is 4.43. The van der Waals surface area contributed by atoms with E-state index in [1.807, 2.05) is 0 Å². The first kappa shape index (κ1) is 14.0. The van der Waals surface area contributed by atoms with E-state index in [9.17, 15) is 12.8 Å². The van der Waals surface area contributed by atoms with E-state index in [0.29, 0.717) is 5.56 Å². The number of hydrogen-bond donors (Lipinski definition) is 1. The van der Waals surface area contributed by atoms with Crippen molar-refractivity contribution >= 4 is 31.6 Å². The molecule has 0 aliphatic heterocycles. The summed E-state index contributed by atoms with van der Waals surface area (Å²) in [7, 11) is -2.15. The smallest absolute Gasteiger partial charge is 0.265 e. The molecule has 0 unspecified atom stereocenters. The number of nitrogens with one attached hydrogen (secondary N) is 1. The average Bonchev–Trinajstić information content (AvgIpc) is 2.73. The fourth-order valence-electron chi connectivity index (χ4n) is 1.50. The molecule has 0 fully saturated rings. The van der Waals surface area contributed by atoms with Crippen LogP contribution in [0.15, 0.2) is 33.9 Å². The van der Waals surface area contributed by atoms with Gasteiger partial charge < -0.3 is 0 Å². The van der Waals surface area contributed by atoms with Crippen molar-refractivity contribution < 1.29 is 12.8 Å². The van der Waals surface area contributed by atoms with Crippen LogP contribution in [0.25, 0.3) is 0 Å². The van der Waals surface area contributed by atoms with Gasteiger partial charge in [-0.25, -0.2) is 12.8 Å². The van der Waals surface area contributed by atoms with Crippen LogP contribution < -0.4 is 4.72 Å². The Labute approximate surface area is 118 Å². The van der Waals surface area contributed by atoms with Crippen molar-refractivity contribution in [3.05, 3.63) is 40.4 Å². The number of halogens is 2. The number of hydrogen-bond acceptors (Lipinski definition) is 3. The maximum absolute atomic E-state index is 13.4. The van der Waals surface area contributed by atoms with Crippen LogP contribution in [0.5, 0.6) is 0 Å². The molecule has 0 aliphatic rings. The molecule has 19 heavy (non-hydrogen) atoms. The molecule has 0 aliphatic carbocycles. The number of rotatable bonds is 3. The normalized spacial score (nSPS) is 11.6. The zero-order valence-electron chi connectivity index (χ0n) is 10.2. The molecule has 5 nitrogen and oxygen atoms in total. The Hall–Kier alpha value is -1.41. The van der Waals surface area contributed by atoms with Crippen LogP contribution in [-0.4, -0.2) is 18.2 Å². The summed E-state index contributed by atoms with van der Waals surface area (Å²) in [6, 6.07) is 2.64. The van der Waals surface area contributed by atoms with Crippen molar-refractivity contribution in [1.82, 2.24) is 9.78 Å². The number of benzene rings is 1. The van der Waals surface area contributed by atoms with Crippen LogP contribution in [-0.2, 0) is 17.1 Å². The predicted octanol–water partition coefficient (Wildman–Crippen LogP) is 2.43. The van der Waals surface area contributed by atoms with Gasteiger partial charge in [0.2, 0.25) is 0 Å². The third-order valence-electron chi connectivity index (χ3n) is 2.50. The number of aromatic nitrogens is 2. The van der Waals surface area contributed by atoms with E-state index in [0.717, 1.165) is 6.07 Å². The van der Waals surface area contributed by atoms with Gasteiger partial charge in [-0.15, -0.1) is 0 Å². The number of nitrogens with zero attached hydrogens (tertiary/aromatic N) is 2. The lowest BCUT2D eigenvalue weighted by Crippen LogP contribution is -2.13. The molecular weight excluding hydrogens is 337 g/mol. The second kappa shape index (κ2) is 4.93. The predicted molar refractivity (Wildman–Crippen MR) is 72.9 cm³/mol.